The van der Waals surface area contributed by atoms with Gasteiger partial charge in [-0.05, 0) is 81.8 Å². The molecule has 1 aliphatic heterocycles. The monoisotopic (exact) mass is 923 g/mol. The van der Waals surface area contributed by atoms with E-state index in [0.717, 1.165) is 17.6 Å². The van der Waals surface area contributed by atoms with E-state index in [0.29, 0.717) is 17.1 Å². The summed E-state index contributed by atoms with van der Waals surface area (Å²) in [6.07, 6.45) is 2.60. The molecule has 5 heteroatoms. The van der Waals surface area contributed by atoms with Crippen molar-refractivity contribution < 1.29 is 30.0 Å². The summed E-state index contributed by atoms with van der Waals surface area (Å²) in [4.78, 5) is 19.4. The van der Waals surface area contributed by atoms with Crippen LogP contribution in [0.4, 0.5) is 0 Å². The van der Waals surface area contributed by atoms with Crippen LogP contribution < -0.4 is 0 Å². The second kappa shape index (κ2) is 16.8. The second-order valence-electron chi connectivity index (χ2n) is 18.4. The molecule has 2 unspecified atom stereocenters. The van der Waals surface area contributed by atoms with Crippen molar-refractivity contribution in [3.63, 3.8) is 0 Å². The summed E-state index contributed by atoms with van der Waals surface area (Å²) in [5.41, 5.74) is 8.28. The number of nitrogens with zero attached hydrogens (tertiary/aromatic N) is 1. The van der Waals surface area contributed by atoms with Crippen LogP contribution in [0.15, 0.2) is 83.5 Å². The van der Waals surface area contributed by atoms with Crippen LogP contribution in [0.3, 0.4) is 0 Å². The smallest absolute Gasteiger partial charge is 0.165 e. The number of benzene rings is 3. The van der Waals surface area contributed by atoms with Crippen molar-refractivity contribution in [3.8, 4) is 11.3 Å². The normalized spacial score (nSPS) is 17.8. The standard InChI is InChI=1S/C30H28NS.C19H36O2.Ir/c1-18(2)16-19-12-14-24-20(17-19)13-15-25(31-24)21-9-7-10-23-27(21)30(3,4)28-22-8-5-6-11-26(22)32-29(23)28;1-12(2)18(9,13(3)4)16(20)11-17(21)19(10,14(5)6)15(7)8;/h5-8,10-15,17-18,28-29H,16H2,1-4H3;11-15,20H,1-10H3;/q-1;;/b;16-11-;. The fourth-order valence-corrected chi connectivity index (χ4v) is 10.6. The number of carbonyl (C=O) groups excluding carboxylic acids is 1. The predicted molar refractivity (Wildman–Crippen MR) is 227 cm³/mol. The van der Waals surface area contributed by atoms with Gasteiger partial charge < -0.3 is 5.11 Å². The molecule has 3 aromatic carbocycles. The Morgan fingerprint density at radius 3 is 2.06 bits per heavy atom. The summed E-state index contributed by atoms with van der Waals surface area (Å²) in [5, 5.41) is 12.3. The van der Waals surface area contributed by atoms with Crippen LogP contribution in [-0.2, 0) is 36.7 Å². The number of hydrogen-bond donors (Lipinski definition) is 1. The van der Waals surface area contributed by atoms with E-state index in [-0.39, 0.29) is 66.1 Å². The maximum Gasteiger partial charge on any atom is 0.165 e. The summed E-state index contributed by atoms with van der Waals surface area (Å²) in [7, 11) is 0. The van der Waals surface area contributed by atoms with Crippen LogP contribution in [0.5, 0.6) is 0 Å². The topological polar surface area (TPSA) is 50.2 Å². The molecular formula is C49H64IrNO2S-. The number of aliphatic hydroxyl groups excluding tert-OH is 1. The number of pyridine rings is 1. The molecule has 0 spiro atoms. The van der Waals surface area contributed by atoms with Crippen molar-refractivity contribution in [3.05, 3.63) is 107 Å². The Morgan fingerprint density at radius 2 is 1.46 bits per heavy atom. The molecule has 0 saturated heterocycles. The minimum atomic E-state index is -0.442. The summed E-state index contributed by atoms with van der Waals surface area (Å²) in [6.45, 7) is 30.1. The Kier molecular flexibility index (Phi) is 13.7. The van der Waals surface area contributed by atoms with E-state index in [4.69, 9.17) is 4.98 Å². The van der Waals surface area contributed by atoms with Gasteiger partial charge in [-0.2, -0.15) is 0 Å². The quantitative estimate of drug-likeness (QED) is 0.0978. The molecule has 0 saturated carbocycles. The van der Waals surface area contributed by atoms with E-state index in [1.165, 1.54) is 44.2 Å². The number of aliphatic hydroxyl groups is 1. The number of ketones is 1. The zero-order valence-electron chi connectivity index (χ0n) is 35.2. The number of fused-ring (bicyclic) bond motifs is 6. The van der Waals surface area contributed by atoms with E-state index in [2.05, 4.69) is 156 Å². The molecule has 1 aliphatic carbocycles. The molecule has 2 heterocycles. The molecule has 54 heavy (non-hydrogen) atoms. The SMILES string of the molecule is CC(C)C(C)(C(=O)/C=C(\O)C(C)(C(C)C)C(C)C)C(C)C.CC(C)Cc1ccc2nc(-c3[c-]ccc4c3C(C)(C)C3c5ccccc5SC43)ccc2c1.[Ir]. The molecule has 1 aromatic heterocycles. The molecule has 2 aliphatic rings. The summed E-state index contributed by atoms with van der Waals surface area (Å²) in [6, 6.07) is 28.1. The van der Waals surface area contributed by atoms with E-state index in [1.807, 2.05) is 25.6 Å². The average molecular weight is 923 g/mol. The third kappa shape index (κ3) is 7.94. The molecule has 0 bridgehead atoms. The third-order valence-electron chi connectivity index (χ3n) is 13.4. The van der Waals surface area contributed by atoms with Gasteiger partial charge in [0.05, 0.1) is 5.52 Å². The molecule has 1 N–H and O–H groups in total. The Labute approximate surface area is 345 Å². The number of thioether (sulfide) groups is 1. The van der Waals surface area contributed by atoms with Gasteiger partial charge in [-0.15, -0.1) is 46.7 Å². The fraction of sp³-hybridized carbons (Fsp3) is 0.510. The summed E-state index contributed by atoms with van der Waals surface area (Å²) < 4.78 is 0. The van der Waals surface area contributed by atoms with Crippen molar-refractivity contribution in [1.29, 1.82) is 0 Å². The molecule has 2 atom stereocenters. The van der Waals surface area contributed by atoms with E-state index >= 15 is 0 Å². The molecular weight excluding hydrogens is 859 g/mol. The van der Waals surface area contributed by atoms with Gasteiger partial charge >= 0.3 is 0 Å². The Balaban J connectivity index is 0.000000261. The number of hydrogen-bond acceptors (Lipinski definition) is 4. The number of allylic oxidation sites excluding steroid dienone is 2. The van der Waals surface area contributed by atoms with Gasteiger partial charge in [0.25, 0.3) is 0 Å². The van der Waals surface area contributed by atoms with Crippen LogP contribution in [0.25, 0.3) is 22.2 Å². The van der Waals surface area contributed by atoms with Crippen molar-refractivity contribution in [2.45, 2.75) is 125 Å². The number of rotatable bonds is 10. The second-order valence-corrected chi connectivity index (χ2v) is 19.5. The maximum absolute atomic E-state index is 12.8. The zero-order valence-corrected chi connectivity index (χ0v) is 38.4. The zero-order chi connectivity index (χ0) is 39.2. The van der Waals surface area contributed by atoms with Crippen molar-refractivity contribution in [2.75, 3.05) is 0 Å². The van der Waals surface area contributed by atoms with Gasteiger partial charge in [-0.3, -0.25) is 9.78 Å². The van der Waals surface area contributed by atoms with Crippen LogP contribution in [-0.4, -0.2) is 15.9 Å². The Morgan fingerprint density at radius 1 is 0.852 bits per heavy atom. The number of aromatic nitrogens is 1. The van der Waals surface area contributed by atoms with Gasteiger partial charge in [0.2, 0.25) is 0 Å². The van der Waals surface area contributed by atoms with Crippen LogP contribution >= 0.6 is 11.8 Å². The first kappa shape index (κ1) is 44.0. The average Bonchev–Trinajstić information content (AvgIpc) is 3.60. The minimum Gasteiger partial charge on any atom is -0.512 e. The summed E-state index contributed by atoms with van der Waals surface area (Å²) in [5.74, 6) is 2.43. The largest absolute Gasteiger partial charge is 0.512 e. The minimum absolute atomic E-state index is 0. The van der Waals surface area contributed by atoms with E-state index in [9.17, 15) is 9.90 Å². The molecule has 0 fully saturated rings. The first-order valence-electron chi connectivity index (χ1n) is 19.9. The van der Waals surface area contributed by atoms with Gasteiger partial charge in [0.1, 0.15) is 5.76 Å². The van der Waals surface area contributed by atoms with Crippen LogP contribution in [0, 0.1) is 46.5 Å². The van der Waals surface area contributed by atoms with Gasteiger partial charge in [0, 0.05) is 53.1 Å². The van der Waals surface area contributed by atoms with Crippen molar-refractivity contribution >= 4 is 28.4 Å². The van der Waals surface area contributed by atoms with E-state index in [1.54, 1.807) is 0 Å². The fourth-order valence-electron chi connectivity index (χ4n) is 8.87. The summed E-state index contributed by atoms with van der Waals surface area (Å²) >= 11 is 2.03. The molecule has 4 aromatic rings. The Hall–Kier alpha value is -2.72. The molecule has 293 valence electrons. The first-order valence-corrected chi connectivity index (χ1v) is 20.8. The maximum atomic E-state index is 12.8. The number of carbonyl (C=O) groups is 1. The van der Waals surface area contributed by atoms with E-state index < -0.39 is 5.41 Å². The van der Waals surface area contributed by atoms with Gasteiger partial charge in [-0.1, -0.05) is 133 Å². The predicted octanol–water partition coefficient (Wildman–Crippen LogP) is 13.8. The first-order chi connectivity index (χ1) is 24.8. The molecule has 1 radical (unpaired) electrons. The molecule has 3 nitrogen and oxygen atoms in total. The molecule has 6 rings (SSSR count). The van der Waals surface area contributed by atoms with Crippen molar-refractivity contribution in [1.82, 2.24) is 4.98 Å². The van der Waals surface area contributed by atoms with Crippen molar-refractivity contribution in [2.24, 2.45) is 40.4 Å². The van der Waals surface area contributed by atoms with Gasteiger partial charge in [-0.25, -0.2) is 0 Å². The van der Waals surface area contributed by atoms with Crippen LogP contribution in [0.2, 0.25) is 0 Å². The third-order valence-corrected chi connectivity index (χ3v) is 14.8. The Bertz CT molecular complexity index is 1970. The van der Waals surface area contributed by atoms with Gasteiger partial charge in [0.15, 0.2) is 5.78 Å². The van der Waals surface area contributed by atoms with Crippen LogP contribution in [0.1, 0.15) is 130 Å². The molecule has 0 amide bonds.